The Hall–Kier alpha value is -2.41. The van der Waals surface area contributed by atoms with Crippen LogP contribution in [0.15, 0.2) is 70.3 Å². The summed E-state index contributed by atoms with van der Waals surface area (Å²) in [5.41, 5.74) is 2.20. The van der Waals surface area contributed by atoms with E-state index in [2.05, 4.69) is 28.5 Å². The molecule has 8 nitrogen and oxygen atoms in total. The van der Waals surface area contributed by atoms with Crippen molar-refractivity contribution < 1.29 is 33.2 Å². The number of ether oxygens (including phenoxy) is 1. The second-order valence-corrected chi connectivity index (χ2v) is 10.9. The molecular weight excluding hydrogens is 496 g/mol. The molecule has 0 aliphatic carbocycles. The molecule has 0 unspecified atom stereocenters. The Balaban J connectivity index is 0.00000204. The highest BCUT2D eigenvalue weighted by Gasteiger charge is 2.24. The number of hydrogen-bond acceptors (Lipinski definition) is 7. The van der Waals surface area contributed by atoms with Crippen LogP contribution >= 0.6 is 23.1 Å². The number of fused-ring (bicyclic) bond motifs is 2. The van der Waals surface area contributed by atoms with E-state index in [9.17, 15) is 13.0 Å². The third-order valence-electron chi connectivity index (χ3n) is 5.13. The van der Waals surface area contributed by atoms with Gasteiger partial charge in [0.1, 0.15) is 10.5 Å². The summed E-state index contributed by atoms with van der Waals surface area (Å²) >= 11 is 3.32. The minimum absolute atomic E-state index is 0. The molecule has 0 spiro atoms. The molecule has 34 heavy (non-hydrogen) atoms. The summed E-state index contributed by atoms with van der Waals surface area (Å²) in [4.78, 5) is 3.47. The van der Waals surface area contributed by atoms with Crippen molar-refractivity contribution in [3.63, 3.8) is 0 Å². The van der Waals surface area contributed by atoms with Crippen LogP contribution in [-0.2, 0) is 21.4 Å². The molecule has 0 bridgehead atoms. The molecule has 0 fully saturated rings. The zero-order chi connectivity index (χ0) is 22.7. The van der Waals surface area contributed by atoms with E-state index in [1.54, 1.807) is 30.2 Å². The minimum atomic E-state index is -4.24. The van der Waals surface area contributed by atoms with Gasteiger partial charge < -0.3 is 25.1 Å². The summed E-state index contributed by atoms with van der Waals surface area (Å²) in [5.74, 6) is 0.324. The fraction of sp³-hybridized carbons (Fsp3) is 0.261. The van der Waals surface area contributed by atoms with E-state index in [0.29, 0.717) is 12.3 Å². The Labute approximate surface area is 207 Å². The molecule has 4 rings (SSSR count). The number of para-hydroxylation sites is 2. The largest absolute Gasteiger partial charge is 0.748 e. The summed E-state index contributed by atoms with van der Waals surface area (Å²) in [7, 11) is -2.59. The molecule has 2 aromatic carbocycles. The lowest BCUT2D eigenvalue weighted by atomic mass is 10.3. The standard InChI is InChI=1S/C23H24N2O4S3.2H2O/c1-3-24-18-9-4-6-11-20(18)30-22(24)15-17(29-2)16-23-25(13-8-14-32(26,27)28)19-10-5-7-12-21(19)31-23;;/h4-7,9-12,15-16H,3,8,13-14H2,1-2H3;2*1H2. The third kappa shape index (κ3) is 6.17. The number of hydrogen-bond donors (Lipinski definition) is 0. The lowest BCUT2D eigenvalue weighted by molar-refractivity contribution is -0.668. The van der Waals surface area contributed by atoms with Gasteiger partial charge in [-0.15, -0.1) is 0 Å². The van der Waals surface area contributed by atoms with Crippen LogP contribution in [0.2, 0.25) is 0 Å². The maximum absolute atomic E-state index is 11.1. The van der Waals surface area contributed by atoms with Gasteiger partial charge >= 0.3 is 0 Å². The Morgan fingerprint density at radius 3 is 2.56 bits per heavy atom. The Morgan fingerprint density at radius 2 is 1.85 bits per heavy atom. The van der Waals surface area contributed by atoms with E-state index in [1.165, 1.54) is 10.6 Å². The highest BCUT2D eigenvalue weighted by atomic mass is 32.2. The average Bonchev–Trinajstić information content (AvgIpc) is 3.29. The molecule has 1 aliphatic heterocycles. The molecule has 2 heterocycles. The smallest absolute Gasteiger partial charge is 0.266 e. The van der Waals surface area contributed by atoms with Gasteiger partial charge in [0.2, 0.25) is 5.52 Å². The fourth-order valence-electron chi connectivity index (χ4n) is 3.68. The molecule has 0 saturated carbocycles. The van der Waals surface area contributed by atoms with Crippen LogP contribution in [0.25, 0.3) is 16.3 Å². The first-order valence-electron chi connectivity index (χ1n) is 10.3. The van der Waals surface area contributed by atoms with E-state index in [1.807, 2.05) is 48.6 Å². The first-order chi connectivity index (χ1) is 15.4. The summed E-state index contributed by atoms with van der Waals surface area (Å²) in [6, 6.07) is 16.3. The molecule has 0 radical (unpaired) electrons. The van der Waals surface area contributed by atoms with Crippen LogP contribution in [0.3, 0.4) is 0 Å². The molecular formula is C23H28N2O6S3. The second-order valence-electron chi connectivity index (χ2n) is 7.22. The first kappa shape index (κ1) is 27.8. The first-order valence-corrected chi connectivity index (χ1v) is 13.5. The van der Waals surface area contributed by atoms with Crippen LogP contribution in [0.1, 0.15) is 18.4 Å². The van der Waals surface area contributed by atoms with E-state index in [4.69, 9.17) is 4.74 Å². The lowest BCUT2D eigenvalue weighted by Crippen LogP contribution is -2.36. The summed E-state index contributed by atoms with van der Waals surface area (Å²) in [5, 5.41) is 2.03. The van der Waals surface area contributed by atoms with Crippen molar-refractivity contribution in [2.24, 2.45) is 0 Å². The van der Waals surface area contributed by atoms with Gasteiger partial charge in [0.05, 0.1) is 34.0 Å². The number of thiazole rings is 1. The van der Waals surface area contributed by atoms with Crippen LogP contribution in [0, 0.1) is 0 Å². The van der Waals surface area contributed by atoms with Gasteiger partial charge in [-0.3, -0.25) is 0 Å². The van der Waals surface area contributed by atoms with Crippen molar-refractivity contribution in [2.45, 2.75) is 24.8 Å². The van der Waals surface area contributed by atoms with E-state index < -0.39 is 10.1 Å². The number of allylic oxidation sites excluding steroid dienone is 1. The van der Waals surface area contributed by atoms with Crippen LogP contribution < -0.4 is 9.47 Å². The van der Waals surface area contributed by atoms with E-state index in [0.717, 1.165) is 26.8 Å². The van der Waals surface area contributed by atoms with Crippen molar-refractivity contribution in [3.8, 4) is 0 Å². The van der Waals surface area contributed by atoms with Gasteiger partial charge in [0.25, 0.3) is 5.01 Å². The Bertz CT molecular complexity index is 1300. The normalized spacial score (nSPS) is 14.6. The maximum Gasteiger partial charge on any atom is 0.266 e. The molecule has 184 valence electrons. The van der Waals surface area contributed by atoms with Gasteiger partial charge in [-0.1, -0.05) is 47.4 Å². The summed E-state index contributed by atoms with van der Waals surface area (Å²) in [6.07, 6.45) is 4.27. The van der Waals surface area contributed by atoms with Gasteiger partial charge in [-0.25, -0.2) is 8.42 Å². The second kappa shape index (κ2) is 11.8. The summed E-state index contributed by atoms with van der Waals surface area (Å²) < 4.78 is 42.1. The predicted octanol–water partition coefficient (Wildman–Crippen LogP) is 2.94. The van der Waals surface area contributed by atoms with Gasteiger partial charge in [0.15, 0.2) is 6.54 Å². The average molecular weight is 525 g/mol. The maximum atomic E-state index is 11.1. The van der Waals surface area contributed by atoms with Crippen molar-refractivity contribution >= 4 is 55.2 Å². The highest BCUT2D eigenvalue weighted by molar-refractivity contribution is 8.03. The zero-order valence-corrected chi connectivity index (χ0v) is 21.3. The molecule has 4 N–H and O–H groups in total. The number of thioether (sulfide) groups is 1. The molecule has 0 atom stereocenters. The Kier molecular flexibility index (Phi) is 9.68. The molecule has 11 heteroatoms. The van der Waals surface area contributed by atoms with Crippen molar-refractivity contribution in [1.29, 1.82) is 0 Å². The van der Waals surface area contributed by atoms with Crippen LogP contribution in [-0.4, -0.2) is 43.3 Å². The number of nitrogens with zero attached hydrogens (tertiary/aromatic N) is 2. The molecule has 1 aliphatic rings. The monoisotopic (exact) mass is 524 g/mol. The van der Waals surface area contributed by atoms with Crippen LogP contribution in [0.4, 0.5) is 5.69 Å². The van der Waals surface area contributed by atoms with Crippen LogP contribution in [0.5, 0.6) is 0 Å². The number of aryl methyl sites for hydroxylation is 1. The fourth-order valence-corrected chi connectivity index (χ4v) is 6.46. The van der Waals surface area contributed by atoms with Crippen molar-refractivity contribution in [2.75, 3.05) is 24.3 Å². The lowest BCUT2D eigenvalue weighted by Gasteiger charge is -2.18. The highest BCUT2D eigenvalue weighted by Crippen LogP contribution is 2.46. The SMILES string of the molecule is CCN1/C(=C/C(=C/c2sc3ccccc3[n+]2CCCS(=O)(=O)[O-])OC)Sc2ccccc21.O.O. The molecule has 0 saturated heterocycles. The number of rotatable bonds is 8. The number of aromatic nitrogens is 1. The van der Waals surface area contributed by atoms with Gasteiger partial charge in [-0.2, -0.15) is 4.57 Å². The molecule has 3 aromatic rings. The van der Waals surface area contributed by atoms with Crippen molar-refractivity contribution in [3.05, 3.63) is 70.4 Å². The molecule has 0 amide bonds. The van der Waals surface area contributed by atoms with Gasteiger partial charge in [-0.05, 0) is 25.1 Å². The quantitative estimate of drug-likeness (QED) is 0.252. The number of methoxy groups -OCH3 is 1. The van der Waals surface area contributed by atoms with Crippen molar-refractivity contribution in [1.82, 2.24) is 0 Å². The molecule has 1 aromatic heterocycles. The van der Waals surface area contributed by atoms with E-state index in [-0.39, 0.29) is 23.1 Å². The zero-order valence-electron chi connectivity index (χ0n) is 18.9. The minimum Gasteiger partial charge on any atom is -0.748 e. The van der Waals surface area contributed by atoms with E-state index >= 15 is 0 Å². The third-order valence-corrected chi connectivity index (χ3v) is 8.15. The topological polar surface area (TPSA) is 137 Å². The Morgan fingerprint density at radius 1 is 1.15 bits per heavy atom. The summed E-state index contributed by atoms with van der Waals surface area (Å²) in [6.45, 7) is 3.41. The van der Waals surface area contributed by atoms with Gasteiger partial charge in [0, 0.05) is 35.8 Å². The predicted molar refractivity (Wildman–Crippen MR) is 137 cm³/mol. The number of benzene rings is 2. The number of anilines is 1.